The smallest absolute Gasteiger partial charge is 0.251 e. The first-order valence-electron chi connectivity index (χ1n) is 9.25. The molecule has 1 heterocycles. The van der Waals surface area contributed by atoms with Crippen molar-refractivity contribution in [3.8, 4) is 0 Å². The Kier molecular flexibility index (Phi) is 7.80. The van der Waals surface area contributed by atoms with Crippen molar-refractivity contribution < 1.29 is 14.3 Å². The van der Waals surface area contributed by atoms with Crippen molar-refractivity contribution >= 4 is 5.91 Å². The molecule has 23 heavy (non-hydrogen) atoms. The first kappa shape index (κ1) is 18.7. The van der Waals surface area contributed by atoms with Crippen LogP contribution in [0.4, 0.5) is 0 Å². The van der Waals surface area contributed by atoms with Crippen LogP contribution in [0.3, 0.4) is 0 Å². The van der Waals surface area contributed by atoms with Gasteiger partial charge in [0.05, 0.1) is 12.7 Å². The van der Waals surface area contributed by atoms with Crippen molar-refractivity contribution in [2.75, 3.05) is 46.4 Å². The van der Waals surface area contributed by atoms with Gasteiger partial charge in [0.25, 0.3) is 5.91 Å². The second kappa shape index (κ2) is 9.60. The molecule has 0 bridgehead atoms. The summed E-state index contributed by atoms with van der Waals surface area (Å²) in [6.45, 7) is 9.54. The van der Waals surface area contributed by atoms with Crippen LogP contribution in [0.1, 0.15) is 46.0 Å². The van der Waals surface area contributed by atoms with E-state index in [-0.39, 0.29) is 18.1 Å². The second-order valence-electron chi connectivity index (χ2n) is 7.19. The van der Waals surface area contributed by atoms with E-state index >= 15 is 0 Å². The van der Waals surface area contributed by atoms with E-state index in [1.807, 2.05) is 11.8 Å². The van der Waals surface area contributed by atoms with Crippen molar-refractivity contribution in [2.24, 2.45) is 5.92 Å². The van der Waals surface area contributed by atoms with Gasteiger partial charge in [0.2, 0.25) is 0 Å². The monoisotopic (exact) mass is 326 g/mol. The summed E-state index contributed by atoms with van der Waals surface area (Å²) in [5.41, 5.74) is 0. The minimum atomic E-state index is -0.309. The van der Waals surface area contributed by atoms with Gasteiger partial charge in [0, 0.05) is 33.3 Å². The molecule has 0 unspecified atom stereocenters. The number of amides is 1. The molecule has 1 aliphatic carbocycles. The molecule has 5 heteroatoms. The number of methoxy groups -OCH3 is 1. The number of hydrogen-bond acceptors (Lipinski definition) is 4. The minimum Gasteiger partial charge on any atom is -0.383 e. The van der Waals surface area contributed by atoms with Crippen molar-refractivity contribution in [2.45, 2.75) is 58.2 Å². The first-order valence-corrected chi connectivity index (χ1v) is 9.25. The van der Waals surface area contributed by atoms with Crippen LogP contribution in [0, 0.1) is 5.92 Å². The van der Waals surface area contributed by atoms with Crippen molar-refractivity contribution in [3.05, 3.63) is 0 Å². The lowest BCUT2D eigenvalue weighted by Crippen LogP contribution is -2.43. The van der Waals surface area contributed by atoms with Crippen molar-refractivity contribution in [1.29, 1.82) is 0 Å². The Balaban J connectivity index is 1.77. The number of ether oxygens (including phenoxy) is 2. The highest BCUT2D eigenvalue weighted by atomic mass is 16.5. The number of carbonyl (C=O) groups is 1. The van der Waals surface area contributed by atoms with E-state index in [0.29, 0.717) is 0 Å². The third-order valence-corrected chi connectivity index (χ3v) is 5.14. The van der Waals surface area contributed by atoms with Crippen LogP contribution >= 0.6 is 0 Å². The van der Waals surface area contributed by atoms with Crippen molar-refractivity contribution in [3.63, 3.8) is 0 Å². The van der Waals surface area contributed by atoms with Gasteiger partial charge in [-0.2, -0.15) is 0 Å². The van der Waals surface area contributed by atoms with E-state index in [2.05, 4.69) is 11.8 Å². The van der Waals surface area contributed by atoms with E-state index < -0.39 is 0 Å². The molecule has 1 amide bonds. The average molecular weight is 326 g/mol. The van der Waals surface area contributed by atoms with E-state index in [4.69, 9.17) is 9.47 Å². The summed E-state index contributed by atoms with van der Waals surface area (Å²) in [4.78, 5) is 17.1. The topological polar surface area (TPSA) is 42.0 Å². The largest absolute Gasteiger partial charge is 0.383 e. The first-order chi connectivity index (χ1) is 11.1. The maximum atomic E-state index is 12.7. The standard InChI is InChI=1S/C18H34N2O3/c1-15-6-4-7-17(14-15)23-16(2)18(21)20-9-5-8-19(10-11-20)12-13-22-3/h15-17H,4-14H2,1-3H3/t15-,16-,17-/m0/s1. The molecule has 1 saturated carbocycles. The van der Waals surface area contributed by atoms with Crippen LogP contribution < -0.4 is 0 Å². The minimum absolute atomic E-state index is 0.164. The highest BCUT2D eigenvalue weighted by Gasteiger charge is 2.27. The second-order valence-corrected chi connectivity index (χ2v) is 7.19. The lowest BCUT2D eigenvalue weighted by atomic mass is 9.88. The van der Waals surface area contributed by atoms with Crippen LogP contribution in [0.15, 0.2) is 0 Å². The fraction of sp³-hybridized carbons (Fsp3) is 0.944. The molecule has 0 radical (unpaired) electrons. The molecule has 3 atom stereocenters. The van der Waals surface area contributed by atoms with Gasteiger partial charge in [-0.3, -0.25) is 9.69 Å². The number of hydrogen-bond donors (Lipinski definition) is 0. The molecule has 0 aromatic carbocycles. The molecule has 2 fully saturated rings. The van der Waals surface area contributed by atoms with Crippen LogP contribution in [0.25, 0.3) is 0 Å². The maximum absolute atomic E-state index is 12.7. The van der Waals surface area contributed by atoms with Gasteiger partial charge < -0.3 is 14.4 Å². The van der Waals surface area contributed by atoms with Crippen LogP contribution in [0.5, 0.6) is 0 Å². The van der Waals surface area contributed by atoms with E-state index in [1.54, 1.807) is 7.11 Å². The van der Waals surface area contributed by atoms with Gasteiger partial charge >= 0.3 is 0 Å². The van der Waals surface area contributed by atoms with Crippen LogP contribution in [-0.2, 0) is 14.3 Å². The summed E-state index contributed by atoms with van der Waals surface area (Å²) in [5, 5.41) is 0. The Morgan fingerprint density at radius 3 is 2.74 bits per heavy atom. The molecule has 1 aliphatic heterocycles. The lowest BCUT2D eigenvalue weighted by molar-refractivity contribution is -0.147. The van der Waals surface area contributed by atoms with Gasteiger partial charge in [0.15, 0.2) is 0 Å². The molecule has 2 aliphatic rings. The Hall–Kier alpha value is -0.650. The fourth-order valence-corrected chi connectivity index (χ4v) is 3.74. The van der Waals surface area contributed by atoms with Crippen molar-refractivity contribution in [1.82, 2.24) is 9.80 Å². The van der Waals surface area contributed by atoms with Crippen LogP contribution in [-0.4, -0.2) is 74.4 Å². The summed E-state index contributed by atoms with van der Waals surface area (Å²) in [5.74, 6) is 0.889. The van der Waals surface area contributed by atoms with Gasteiger partial charge in [-0.1, -0.05) is 19.8 Å². The molecule has 0 aromatic heterocycles. The quantitative estimate of drug-likeness (QED) is 0.750. The third-order valence-electron chi connectivity index (χ3n) is 5.14. The molecule has 134 valence electrons. The summed E-state index contributed by atoms with van der Waals surface area (Å²) in [6.07, 6.45) is 5.72. The Labute approximate surface area is 141 Å². The van der Waals surface area contributed by atoms with E-state index in [1.165, 1.54) is 12.8 Å². The molecule has 0 N–H and O–H groups in total. The average Bonchev–Trinajstić information content (AvgIpc) is 2.77. The van der Waals surface area contributed by atoms with E-state index in [9.17, 15) is 4.79 Å². The number of nitrogens with zero attached hydrogens (tertiary/aromatic N) is 2. The third kappa shape index (κ3) is 6.05. The molecule has 0 spiro atoms. The molecule has 0 aromatic rings. The van der Waals surface area contributed by atoms with Gasteiger partial charge in [-0.15, -0.1) is 0 Å². The highest BCUT2D eigenvalue weighted by Crippen LogP contribution is 2.26. The molecular weight excluding hydrogens is 292 g/mol. The normalized spacial score (nSPS) is 28.4. The zero-order valence-electron chi connectivity index (χ0n) is 15.1. The molecule has 5 nitrogen and oxygen atoms in total. The Bertz CT molecular complexity index is 364. The summed E-state index contributed by atoms with van der Waals surface area (Å²) in [7, 11) is 1.73. The predicted octanol–water partition coefficient (Wildman–Crippen LogP) is 2.15. The summed E-state index contributed by atoms with van der Waals surface area (Å²) >= 11 is 0. The Morgan fingerprint density at radius 2 is 2.00 bits per heavy atom. The number of rotatable bonds is 6. The van der Waals surface area contributed by atoms with Crippen LogP contribution in [0.2, 0.25) is 0 Å². The fourth-order valence-electron chi connectivity index (χ4n) is 3.74. The van der Waals surface area contributed by atoms with E-state index in [0.717, 1.165) is 64.5 Å². The summed E-state index contributed by atoms with van der Waals surface area (Å²) in [6, 6.07) is 0. The molecule has 2 rings (SSSR count). The molecule has 1 saturated heterocycles. The molecular formula is C18H34N2O3. The lowest BCUT2D eigenvalue weighted by Gasteiger charge is -2.31. The SMILES string of the molecule is COCCN1CCCN(C(=O)[C@H](C)O[C@H]2CCC[C@H](C)C2)CC1. The van der Waals surface area contributed by atoms with Gasteiger partial charge in [-0.05, 0) is 38.6 Å². The number of carbonyl (C=O) groups excluding carboxylic acids is 1. The zero-order valence-corrected chi connectivity index (χ0v) is 15.1. The Morgan fingerprint density at radius 1 is 1.17 bits per heavy atom. The zero-order chi connectivity index (χ0) is 16.7. The summed E-state index contributed by atoms with van der Waals surface area (Å²) < 4.78 is 11.2. The van der Waals surface area contributed by atoms with Gasteiger partial charge in [-0.25, -0.2) is 0 Å². The van der Waals surface area contributed by atoms with Gasteiger partial charge in [0.1, 0.15) is 6.10 Å². The predicted molar refractivity (Wildman–Crippen MR) is 91.5 cm³/mol. The maximum Gasteiger partial charge on any atom is 0.251 e. The highest BCUT2D eigenvalue weighted by molar-refractivity contribution is 5.80.